The molecule has 4 aromatic rings. The molecular weight excluding hydrogens is 444 g/mol. The van der Waals surface area contributed by atoms with Crippen molar-refractivity contribution in [1.82, 2.24) is 4.98 Å². The van der Waals surface area contributed by atoms with Crippen LogP contribution in [-0.2, 0) is 0 Å². The molecule has 0 spiro atoms. The molecule has 0 aliphatic heterocycles. The summed E-state index contributed by atoms with van der Waals surface area (Å²) in [7, 11) is 0. The molecule has 0 unspecified atom stereocenters. The fourth-order valence-electron chi connectivity index (χ4n) is 2.72. The van der Waals surface area contributed by atoms with Crippen molar-refractivity contribution < 1.29 is 4.74 Å². The Bertz CT molecular complexity index is 1170. The van der Waals surface area contributed by atoms with E-state index in [9.17, 15) is 5.26 Å². The molecule has 140 valence electrons. The van der Waals surface area contributed by atoms with Crippen LogP contribution in [-0.4, -0.2) is 4.98 Å². The summed E-state index contributed by atoms with van der Waals surface area (Å²) < 4.78 is 6.84. The van der Waals surface area contributed by atoms with Crippen molar-refractivity contribution in [1.29, 1.82) is 5.26 Å². The number of aromatic nitrogens is 1. The van der Waals surface area contributed by atoms with Crippen LogP contribution in [0, 0.1) is 11.3 Å². The first-order valence-electron chi connectivity index (χ1n) is 8.88. The maximum atomic E-state index is 9.57. The smallest absolute Gasteiger partial charge is 0.134 e. The molecule has 0 aliphatic rings. The van der Waals surface area contributed by atoms with E-state index < -0.39 is 0 Å². The van der Waals surface area contributed by atoms with Crippen LogP contribution in [0.2, 0.25) is 0 Å². The van der Waals surface area contributed by atoms with Gasteiger partial charge in [0.2, 0.25) is 0 Å². The molecule has 0 saturated carbocycles. The molecule has 0 N–H and O–H groups in total. The minimum absolute atomic E-state index is 0.549. The number of nitrogens with zero attached hydrogens (tertiary/aromatic N) is 2. The zero-order valence-electron chi connectivity index (χ0n) is 15.2. The van der Waals surface area contributed by atoms with Gasteiger partial charge in [0.15, 0.2) is 0 Å². The van der Waals surface area contributed by atoms with Gasteiger partial charge in [-0.25, -0.2) is 4.98 Å². The van der Waals surface area contributed by atoms with Crippen molar-refractivity contribution in [3.8, 4) is 28.8 Å². The monoisotopic (exact) mass is 458 g/mol. The number of para-hydroxylation sites is 1. The van der Waals surface area contributed by atoms with Gasteiger partial charge >= 0.3 is 0 Å². The lowest BCUT2D eigenvalue weighted by atomic mass is 10.1. The molecule has 1 heterocycles. The molecule has 3 aromatic carbocycles. The molecule has 0 atom stereocenters. The van der Waals surface area contributed by atoms with Crippen molar-refractivity contribution in [3.05, 3.63) is 99.3 Å². The van der Waals surface area contributed by atoms with Gasteiger partial charge in [0.25, 0.3) is 0 Å². The Hall–Kier alpha value is -3.20. The van der Waals surface area contributed by atoms with Gasteiger partial charge < -0.3 is 4.74 Å². The Balaban J connectivity index is 1.53. The summed E-state index contributed by atoms with van der Waals surface area (Å²) in [5, 5.41) is 12.2. The van der Waals surface area contributed by atoms with Crippen LogP contribution in [0.3, 0.4) is 0 Å². The molecule has 0 radical (unpaired) electrons. The summed E-state index contributed by atoms with van der Waals surface area (Å²) in [5.74, 6) is 1.57. The zero-order valence-corrected chi connectivity index (χ0v) is 17.7. The Morgan fingerprint density at radius 1 is 0.931 bits per heavy atom. The summed E-state index contributed by atoms with van der Waals surface area (Å²) >= 11 is 4.89. The molecule has 0 aliphatic carbocycles. The quantitative estimate of drug-likeness (QED) is 0.292. The van der Waals surface area contributed by atoms with Crippen LogP contribution >= 0.6 is 27.3 Å². The predicted octanol–water partition coefficient (Wildman–Crippen LogP) is 7.43. The zero-order chi connectivity index (χ0) is 20.1. The van der Waals surface area contributed by atoms with Crippen molar-refractivity contribution >= 4 is 38.9 Å². The van der Waals surface area contributed by atoms with E-state index in [1.165, 1.54) is 11.3 Å². The number of nitriles is 1. The third-order valence-corrected chi connectivity index (χ3v) is 5.57. The molecule has 0 amide bonds. The van der Waals surface area contributed by atoms with E-state index in [-0.39, 0.29) is 0 Å². The molecule has 0 fully saturated rings. The minimum Gasteiger partial charge on any atom is -0.457 e. The second kappa shape index (κ2) is 8.87. The van der Waals surface area contributed by atoms with E-state index in [1.807, 2.05) is 90.3 Å². The summed E-state index contributed by atoms with van der Waals surface area (Å²) in [5.41, 5.74) is 3.33. The molecule has 0 bridgehead atoms. The van der Waals surface area contributed by atoms with Gasteiger partial charge in [-0.2, -0.15) is 5.26 Å². The van der Waals surface area contributed by atoms with E-state index >= 15 is 0 Å². The maximum absolute atomic E-state index is 9.57. The van der Waals surface area contributed by atoms with Crippen LogP contribution < -0.4 is 4.74 Å². The van der Waals surface area contributed by atoms with Gasteiger partial charge in [-0.3, -0.25) is 0 Å². The van der Waals surface area contributed by atoms with Gasteiger partial charge in [0.05, 0.1) is 11.3 Å². The number of hydrogen-bond donors (Lipinski definition) is 0. The standard InChI is InChI=1S/C24H15BrN2OS/c25-20-10-6-17(7-11-20)14-19(15-26)24-27-23(16-29-24)18-8-12-22(13-9-18)28-21-4-2-1-3-5-21/h1-14,16H/b19-14-. The molecule has 3 nitrogen and oxygen atoms in total. The van der Waals surface area contributed by atoms with Gasteiger partial charge in [-0.05, 0) is 60.2 Å². The number of thiazole rings is 1. The van der Waals surface area contributed by atoms with Crippen LogP contribution in [0.1, 0.15) is 10.6 Å². The fourth-order valence-corrected chi connectivity index (χ4v) is 3.77. The van der Waals surface area contributed by atoms with Gasteiger partial charge in [-0.1, -0.05) is 46.3 Å². The predicted molar refractivity (Wildman–Crippen MR) is 122 cm³/mol. The number of halogens is 1. The molecule has 5 heteroatoms. The number of hydrogen-bond acceptors (Lipinski definition) is 4. The average molecular weight is 459 g/mol. The SMILES string of the molecule is N#C/C(=C/c1ccc(Br)cc1)c1nc(-c2ccc(Oc3ccccc3)cc2)cs1. The first-order valence-corrected chi connectivity index (χ1v) is 10.5. The molecule has 1 aromatic heterocycles. The van der Waals surface area contributed by atoms with Crippen LogP contribution in [0.25, 0.3) is 22.9 Å². The van der Waals surface area contributed by atoms with Crippen LogP contribution in [0.4, 0.5) is 0 Å². The van der Waals surface area contributed by atoms with Gasteiger partial charge in [0, 0.05) is 15.4 Å². The van der Waals surface area contributed by atoms with Crippen molar-refractivity contribution in [3.63, 3.8) is 0 Å². The highest BCUT2D eigenvalue weighted by Crippen LogP contribution is 2.29. The number of allylic oxidation sites excluding steroid dienone is 1. The van der Waals surface area contributed by atoms with E-state index in [0.29, 0.717) is 10.6 Å². The highest BCUT2D eigenvalue weighted by atomic mass is 79.9. The normalized spacial score (nSPS) is 11.1. The highest BCUT2D eigenvalue weighted by Gasteiger charge is 2.09. The highest BCUT2D eigenvalue weighted by molar-refractivity contribution is 9.10. The fraction of sp³-hybridized carbons (Fsp3) is 0. The van der Waals surface area contributed by atoms with E-state index in [4.69, 9.17) is 4.74 Å². The molecule has 0 saturated heterocycles. The Morgan fingerprint density at radius 3 is 2.31 bits per heavy atom. The Labute approximate surface area is 181 Å². The minimum atomic E-state index is 0.549. The molecular formula is C24H15BrN2OS. The Morgan fingerprint density at radius 2 is 1.62 bits per heavy atom. The summed E-state index contributed by atoms with van der Waals surface area (Å²) in [6.45, 7) is 0. The lowest BCUT2D eigenvalue weighted by molar-refractivity contribution is 0.483. The number of rotatable bonds is 5. The summed E-state index contributed by atoms with van der Waals surface area (Å²) in [4.78, 5) is 4.66. The third kappa shape index (κ3) is 4.80. The second-order valence-electron chi connectivity index (χ2n) is 6.20. The van der Waals surface area contributed by atoms with Gasteiger partial charge in [0.1, 0.15) is 22.6 Å². The summed E-state index contributed by atoms with van der Waals surface area (Å²) in [6, 6.07) is 27.5. The second-order valence-corrected chi connectivity index (χ2v) is 7.97. The summed E-state index contributed by atoms with van der Waals surface area (Å²) in [6.07, 6.45) is 1.85. The third-order valence-electron chi connectivity index (χ3n) is 4.17. The average Bonchev–Trinajstić information content (AvgIpc) is 3.25. The lowest BCUT2D eigenvalue weighted by Gasteiger charge is -2.05. The molecule has 29 heavy (non-hydrogen) atoms. The van der Waals surface area contributed by atoms with E-state index in [0.717, 1.165) is 32.8 Å². The maximum Gasteiger partial charge on any atom is 0.134 e. The van der Waals surface area contributed by atoms with Crippen molar-refractivity contribution in [2.75, 3.05) is 0 Å². The van der Waals surface area contributed by atoms with Crippen LogP contribution in [0.5, 0.6) is 11.5 Å². The van der Waals surface area contributed by atoms with E-state index in [1.54, 1.807) is 0 Å². The number of benzene rings is 3. The first-order chi connectivity index (χ1) is 14.2. The topological polar surface area (TPSA) is 45.9 Å². The van der Waals surface area contributed by atoms with Crippen molar-refractivity contribution in [2.45, 2.75) is 0 Å². The lowest BCUT2D eigenvalue weighted by Crippen LogP contribution is -1.85. The Kier molecular flexibility index (Phi) is 5.85. The first kappa shape index (κ1) is 19.1. The van der Waals surface area contributed by atoms with E-state index in [2.05, 4.69) is 27.0 Å². The number of ether oxygens (including phenoxy) is 1. The van der Waals surface area contributed by atoms with Gasteiger partial charge in [-0.15, -0.1) is 11.3 Å². The molecule has 4 rings (SSSR count). The van der Waals surface area contributed by atoms with Crippen LogP contribution in [0.15, 0.2) is 88.7 Å². The van der Waals surface area contributed by atoms with Crippen molar-refractivity contribution in [2.24, 2.45) is 0 Å². The largest absolute Gasteiger partial charge is 0.457 e.